The van der Waals surface area contributed by atoms with Crippen molar-refractivity contribution in [3.05, 3.63) is 28.8 Å². The summed E-state index contributed by atoms with van der Waals surface area (Å²) >= 11 is 11.4. The van der Waals surface area contributed by atoms with Gasteiger partial charge in [-0.3, -0.25) is 0 Å². The van der Waals surface area contributed by atoms with Crippen LogP contribution in [0.25, 0.3) is 0 Å². The first-order valence-corrected chi connectivity index (χ1v) is 7.86. The average Bonchev–Trinajstić information content (AvgIpc) is 2.46. The van der Waals surface area contributed by atoms with Gasteiger partial charge in [0.1, 0.15) is 4.99 Å². The van der Waals surface area contributed by atoms with Crippen molar-refractivity contribution in [3.63, 3.8) is 0 Å². The summed E-state index contributed by atoms with van der Waals surface area (Å²) in [6.45, 7) is 5.68. The molecule has 3 nitrogen and oxygen atoms in total. The lowest BCUT2D eigenvalue weighted by atomic mass is 10.0. The minimum absolute atomic E-state index is 0.386. The fraction of sp³-hybridized carbons (Fsp3) is 0.533. The third kappa shape index (κ3) is 3.43. The second-order valence-electron chi connectivity index (χ2n) is 5.31. The van der Waals surface area contributed by atoms with Crippen LogP contribution in [-0.2, 0) is 0 Å². The quantitative estimate of drug-likeness (QED) is 0.867. The van der Waals surface area contributed by atoms with E-state index in [0.717, 1.165) is 35.9 Å². The molecule has 0 unspecified atom stereocenters. The number of nitrogens with two attached hydrogens (primary N) is 1. The molecule has 1 aromatic carbocycles. The molecular formula is C15H22ClN3S. The van der Waals surface area contributed by atoms with Crippen molar-refractivity contribution in [3.8, 4) is 0 Å². The van der Waals surface area contributed by atoms with Gasteiger partial charge >= 0.3 is 0 Å². The van der Waals surface area contributed by atoms with Crippen molar-refractivity contribution < 1.29 is 0 Å². The predicted molar refractivity (Wildman–Crippen MR) is 90.9 cm³/mol. The van der Waals surface area contributed by atoms with E-state index in [2.05, 4.69) is 23.8 Å². The molecule has 5 heteroatoms. The van der Waals surface area contributed by atoms with Crippen LogP contribution in [-0.4, -0.2) is 42.6 Å². The highest BCUT2D eigenvalue weighted by molar-refractivity contribution is 7.80. The Kier molecular flexibility index (Phi) is 5.24. The van der Waals surface area contributed by atoms with E-state index >= 15 is 0 Å². The molecule has 0 radical (unpaired) electrons. The number of hydrogen-bond donors (Lipinski definition) is 1. The second kappa shape index (κ2) is 6.74. The Bertz CT molecular complexity index is 484. The minimum atomic E-state index is 0.386. The standard InChI is InChI=1S/C15H22ClN3S/c1-3-19-8-6-12(7-9-19)18(2)14-5-4-11(15(17)20)10-13(14)16/h4-5,10,12H,3,6-9H2,1-2H3,(H2,17,20). The molecule has 0 aliphatic carbocycles. The van der Waals surface area contributed by atoms with Crippen molar-refractivity contribution in [1.82, 2.24) is 4.90 Å². The maximum Gasteiger partial charge on any atom is 0.104 e. The maximum absolute atomic E-state index is 6.38. The van der Waals surface area contributed by atoms with Gasteiger partial charge in [-0.1, -0.05) is 30.7 Å². The van der Waals surface area contributed by atoms with Gasteiger partial charge in [-0.05, 0) is 37.6 Å². The van der Waals surface area contributed by atoms with E-state index in [4.69, 9.17) is 29.6 Å². The summed E-state index contributed by atoms with van der Waals surface area (Å²) in [6.07, 6.45) is 2.36. The van der Waals surface area contributed by atoms with Gasteiger partial charge in [0.15, 0.2) is 0 Å². The van der Waals surface area contributed by atoms with Crippen LogP contribution in [0.3, 0.4) is 0 Å². The smallest absolute Gasteiger partial charge is 0.104 e. The molecule has 0 bridgehead atoms. The minimum Gasteiger partial charge on any atom is -0.389 e. The molecule has 2 rings (SSSR count). The number of hydrogen-bond acceptors (Lipinski definition) is 3. The molecule has 0 saturated carbocycles. The Labute approximate surface area is 131 Å². The summed E-state index contributed by atoms with van der Waals surface area (Å²) < 4.78 is 0. The summed E-state index contributed by atoms with van der Waals surface area (Å²) in [5, 5.41) is 0.718. The summed E-state index contributed by atoms with van der Waals surface area (Å²) in [4.78, 5) is 5.16. The lowest BCUT2D eigenvalue weighted by Crippen LogP contribution is -2.43. The number of rotatable bonds is 4. The Morgan fingerprint density at radius 1 is 1.45 bits per heavy atom. The normalized spacial score (nSPS) is 17.1. The number of thiocarbonyl (C=S) groups is 1. The van der Waals surface area contributed by atoms with Crippen LogP contribution >= 0.6 is 23.8 Å². The van der Waals surface area contributed by atoms with Gasteiger partial charge in [0.25, 0.3) is 0 Å². The van der Waals surface area contributed by atoms with E-state index in [1.165, 1.54) is 12.8 Å². The van der Waals surface area contributed by atoms with Crippen LogP contribution in [0.15, 0.2) is 18.2 Å². The summed E-state index contributed by atoms with van der Waals surface area (Å²) in [7, 11) is 2.12. The number of likely N-dealkylation sites (tertiary alicyclic amines) is 1. The third-order valence-corrected chi connectivity index (χ3v) is 4.70. The van der Waals surface area contributed by atoms with Gasteiger partial charge < -0.3 is 15.5 Å². The van der Waals surface area contributed by atoms with Gasteiger partial charge in [0.05, 0.1) is 10.7 Å². The zero-order valence-corrected chi connectivity index (χ0v) is 13.7. The van der Waals surface area contributed by atoms with Gasteiger partial charge in [0, 0.05) is 31.7 Å². The first-order valence-electron chi connectivity index (χ1n) is 7.07. The van der Waals surface area contributed by atoms with Crippen LogP contribution in [0.5, 0.6) is 0 Å². The zero-order chi connectivity index (χ0) is 14.7. The van der Waals surface area contributed by atoms with Crippen LogP contribution in [0, 0.1) is 0 Å². The Balaban J connectivity index is 2.09. The molecular weight excluding hydrogens is 290 g/mol. The maximum atomic E-state index is 6.38. The molecule has 110 valence electrons. The first-order chi connectivity index (χ1) is 9.52. The molecule has 0 spiro atoms. The molecule has 0 amide bonds. The average molecular weight is 312 g/mol. The number of halogens is 1. The lowest BCUT2D eigenvalue weighted by molar-refractivity contribution is 0.221. The Morgan fingerprint density at radius 3 is 2.60 bits per heavy atom. The summed E-state index contributed by atoms with van der Waals surface area (Å²) in [5.41, 5.74) is 7.52. The lowest BCUT2D eigenvalue weighted by Gasteiger charge is -2.37. The fourth-order valence-corrected chi connectivity index (χ4v) is 3.21. The fourth-order valence-electron chi connectivity index (χ4n) is 2.77. The molecule has 1 aliphatic rings. The number of nitrogens with zero attached hydrogens (tertiary/aromatic N) is 2. The highest BCUT2D eigenvalue weighted by Crippen LogP contribution is 2.30. The van der Waals surface area contributed by atoms with E-state index in [1.807, 2.05) is 18.2 Å². The van der Waals surface area contributed by atoms with E-state index in [1.54, 1.807) is 0 Å². The summed E-state index contributed by atoms with van der Waals surface area (Å²) in [5.74, 6) is 0. The van der Waals surface area contributed by atoms with Crippen LogP contribution < -0.4 is 10.6 Å². The van der Waals surface area contributed by atoms with Crippen molar-refractivity contribution in [1.29, 1.82) is 0 Å². The molecule has 1 saturated heterocycles. The van der Waals surface area contributed by atoms with Gasteiger partial charge in [-0.15, -0.1) is 0 Å². The van der Waals surface area contributed by atoms with Gasteiger partial charge in [-0.25, -0.2) is 0 Å². The first kappa shape index (κ1) is 15.5. The largest absolute Gasteiger partial charge is 0.389 e. The van der Waals surface area contributed by atoms with Crippen molar-refractivity contribution in [2.45, 2.75) is 25.8 Å². The Hall–Kier alpha value is -0.840. The van der Waals surface area contributed by atoms with Crippen LogP contribution in [0.1, 0.15) is 25.3 Å². The zero-order valence-electron chi connectivity index (χ0n) is 12.1. The SMILES string of the molecule is CCN1CCC(N(C)c2ccc(C(N)=S)cc2Cl)CC1. The van der Waals surface area contributed by atoms with Crippen molar-refractivity contribution in [2.75, 3.05) is 31.6 Å². The third-order valence-electron chi connectivity index (χ3n) is 4.16. The van der Waals surface area contributed by atoms with Gasteiger partial charge in [0.2, 0.25) is 0 Å². The monoisotopic (exact) mass is 311 g/mol. The number of anilines is 1. The van der Waals surface area contributed by atoms with E-state index in [-0.39, 0.29) is 0 Å². The summed E-state index contributed by atoms with van der Waals surface area (Å²) in [6, 6.07) is 6.37. The number of benzene rings is 1. The van der Waals surface area contributed by atoms with Crippen LogP contribution in [0.4, 0.5) is 5.69 Å². The molecule has 1 fully saturated rings. The second-order valence-corrected chi connectivity index (χ2v) is 6.15. The topological polar surface area (TPSA) is 32.5 Å². The number of piperidine rings is 1. The molecule has 1 aliphatic heterocycles. The van der Waals surface area contributed by atoms with Crippen LogP contribution in [0.2, 0.25) is 5.02 Å². The van der Waals surface area contributed by atoms with Crippen molar-refractivity contribution >= 4 is 34.5 Å². The molecule has 2 N–H and O–H groups in total. The molecule has 1 heterocycles. The van der Waals surface area contributed by atoms with E-state index in [9.17, 15) is 0 Å². The highest BCUT2D eigenvalue weighted by atomic mass is 35.5. The van der Waals surface area contributed by atoms with Crippen molar-refractivity contribution in [2.24, 2.45) is 5.73 Å². The van der Waals surface area contributed by atoms with E-state index in [0.29, 0.717) is 11.0 Å². The molecule has 1 aromatic rings. The van der Waals surface area contributed by atoms with Gasteiger partial charge in [-0.2, -0.15) is 0 Å². The van der Waals surface area contributed by atoms with E-state index < -0.39 is 0 Å². The molecule has 0 aromatic heterocycles. The molecule has 0 atom stereocenters. The predicted octanol–water partition coefficient (Wildman–Crippen LogP) is 2.89. The molecule has 20 heavy (non-hydrogen) atoms. The highest BCUT2D eigenvalue weighted by Gasteiger charge is 2.23. The Morgan fingerprint density at radius 2 is 2.10 bits per heavy atom.